The number of nitrogens with two attached hydrogens (primary N) is 1. The van der Waals surface area contributed by atoms with Crippen LogP contribution >= 0.6 is 11.6 Å². The molecule has 1 aromatic heterocycles. The summed E-state index contributed by atoms with van der Waals surface area (Å²) < 4.78 is 1.74. The summed E-state index contributed by atoms with van der Waals surface area (Å²) in [7, 11) is 1.88. The van der Waals surface area contributed by atoms with Gasteiger partial charge in [0.15, 0.2) is 0 Å². The van der Waals surface area contributed by atoms with E-state index in [1.165, 1.54) is 0 Å². The molecule has 1 aromatic rings. The van der Waals surface area contributed by atoms with Crippen LogP contribution in [0, 0.1) is 12.8 Å². The highest BCUT2D eigenvalue weighted by molar-refractivity contribution is 6.30. The van der Waals surface area contributed by atoms with Crippen molar-refractivity contribution in [2.24, 2.45) is 18.7 Å². The Balaban J connectivity index is 2.10. The number of piperidine rings is 1. The van der Waals surface area contributed by atoms with E-state index in [1.54, 1.807) is 4.68 Å². The van der Waals surface area contributed by atoms with E-state index in [4.69, 9.17) is 17.3 Å². The van der Waals surface area contributed by atoms with Crippen molar-refractivity contribution in [1.29, 1.82) is 0 Å². The molecular formula is C12H21ClN4. The van der Waals surface area contributed by atoms with Gasteiger partial charge in [0.25, 0.3) is 0 Å². The van der Waals surface area contributed by atoms with Crippen molar-refractivity contribution in [3.05, 3.63) is 16.4 Å². The van der Waals surface area contributed by atoms with Crippen LogP contribution in [0.5, 0.6) is 0 Å². The molecule has 2 unspecified atom stereocenters. The van der Waals surface area contributed by atoms with Crippen LogP contribution in [0.2, 0.25) is 5.15 Å². The van der Waals surface area contributed by atoms with Gasteiger partial charge in [-0.3, -0.25) is 9.58 Å². The lowest BCUT2D eigenvalue weighted by Gasteiger charge is -2.34. The molecule has 2 heterocycles. The van der Waals surface area contributed by atoms with Gasteiger partial charge in [-0.1, -0.05) is 18.5 Å². The molecule has 2 rings (SSSR count). The highest BCUT2D eigenvalue weighted by Gasteiger charge is 2.24. The topological polar surface area (TPSA) is 47.1 Å². The van der Waals surface area contributed by atoms with Gasteiger partial charge in [-0.2, -0.15) is 5.10 Å². The van der Waals surface area contributed by atoms with Gasteiger partial charge in [0.05, 0.1) is 5.69 Å². The monoisotopic (exact) mass is 256 g/mol. The number of rotatable bonds is 2. The number of aryl methyl sites for hydroxylation is 2. The van der Waals surface area contributed by atoms with Gasteiger partial charge in [0, 0.05) is 38.3 Å². The van der Waals surface area contributed by atoms with Gasteiger partial charge in [0.1, 0.15) is 5.15 Å². The highest BCUT2D eigenvalue weighted by Crippen LogP contribution is 2.23. The SMILES string of the molecule is Cc1nn(C)c(Cl)c1CN1CC(C)CC(N)C1. The molecular weight excluding hydrogens is 236 g/mol. The summed E-state index contributed by atoms with van der Waals surface area (Å²) in [4.78, 5) is 2.38. The third kappa shape index (κ3) is 2.81. The maximum atomic E-state index is 6.25. The fourth-order valence-electron chi connectivity index (χ4n) is 2.72. The molecule has 0 bridgehead atoms. The summed E-state index contributed by atoms with van der Waals surface area (Å²) in [6.45, 7) is 7.17. The number of aromatic nitrogens is 2. The Kier molecular flexibility index (Phi) is 3.76. The fourth-order valence-corrected chi connectivity index (χ4v) is 2.95. The zero-order valence-electron chi connectivity index (χ0n) is 10.8. The van der Waals surface area contributed by atoms with Crippen LogP contribution in [0.25, 0.3) is 0 Å². The fraction of sp³-hybridized carbons (Fsp3) is 0.750. The predicted octanol–water partition coefficient (Wildman–Crippen LogP) is 1.55. The second-order valence-corrected chi connectivity index (χ2v) is 5.63. The molecule has 1 aliphatic heterocycles. The molecule has 1 saturated heterocycles. The Morgan fingerprint density at radius 1 is 1.47 bits per heavy atom. The third-order valence-corrected chi connectivity index (χ3v) is 3.89. The van der Waals surface area contributed by atoms with Gasteiger partial charge in [-0.25, -0.2) is 0 Å². The minimum Gasteiger partial charge on any atom is -0.327 e. The molecule has 5 heteroatoms. The Labute approximate surface area is 108 Å². The van der Waals surface area contributed by atoms with Crippen LogP contribution in [0.3, 0.4) is 0 Å². The van der Waals surface area contributed by atoms with E-state index >= 15 is 0 Å². The zero-order chi connectivity index (χ0) is 12.6. The first kappa shape index (κ1) is 12.9. The Bertz CT molecular complexity index is 391. The van der Waals surface area contributed by atoms with E-state index in [0.29, 0.717) is 5.92 Å². The van der Waals surface area contributed by atoms with E-state index in [9.17, 15) is 0 Å². The van der Waals surface area contributed by atoms with Crippen molar-refractivity contribution in [2.75, 3.05) is 13.1 Å². The van der Waals surface area contributed by atoms with E-state index in [0.717, 1.165) is 42.5 Å². The number of nitrogens with zero attached hydrogens (tertiary/aromatic N) is 3. The second-order valence-electron chi connectivity index (χ2n) is 5.27. The van der Waals surface area contributed by atoms with Gasteiger partial charge in [-0.15, -0.1) is 0 Å². The molecule has 0 aliphatic carbocycles. The molecule has 0 spiro atoms. The summed E-state index contributed by atoms with van der Waals surface area (Å²) in [5.41, 5.74) is 8.21. The summed E-state index contributed by atoms with van der Waals surface area (Å²) >= 11 is 6.25. The van der Waals surface area contributed by atoms with Crippen LogP contribution < -0.4 is 5.73 Å². The number of hydrogen-bond acceptors (Lipinski definition) is 3. The molecule has 0 saturated carbocycles. The van der Waals surface area contributed by atoms with Crippen molar-refractivity contribution in [3.8, 4) is 0 Å². The van der Waals surface area contributed by atoms with Crippen LogP contribution in [0.15, 0.2) is 0 Å². The molecule has 1 aliphatic rings. The Morgan fingerprint density at radius 3 is 2.71 bits per heavy atom. The molecule has 0 radical (unpaired) electrons. The van der Waals surface area contributed by atoms with E-state index in [1.807, 2.05) is 14.0 Å². The molecule has 0 aromatic carbocycles. The average Bonchev–Trinajstić information content (AvgIpc) is 2.44. The van der Waals surface area contributed by atoms with Crippen molar-refractivity contribution in [3.63, 3.8) is 0 Å². The van der Waals surface area contributed by atoms with E-state index in [2.05, 4.69) is 16.9 Å². The molecule has 2 N–H and O–H groups in total. The zero-order valence-corrected chi connectivity index (χ0v) is 11.5. The first-order valence-corrected chi connectivity index (χ1v) is 6.51. The summed E-state index contributed by atoms with van der Waals surface area (Å²) in [5, 5.41) is 5.09. The van der Waals surface area contributed by atoms with Crippen LogP contribution in [0.1, 0.15) is 24.6 Å². The smallest absolute Gasteiger partial charge is 0.131 e. The standard InChI is InChI=1S/C12H21ClN4/c1-8-4-10(14)6-17(5-8)7-11-9(2)15-16(3)12(11)13/h8,10H,4-7,14H2,1-3H3. The number of hydrogen-bond donors (Lipinski definition) is 1. The molecule has 17 heavy (non-hydrogen) atoms. The second kappa shape index (κ2) is 4.96. The normalized spacial score (nSPS) is 26.4. The van der Waals surface area contributed by atoms with Crippen molar-refractivity contribution in [2.45, 2.75) is 32.9 Å². The lowest BCUT2D eigenvalue weighted by atomic mass is 9.96. The van der Waals surface area contributed by atoms with Crippen LogP contribution in [0.4, 0.5) is 0 Å². The molecule has 1 fully saturated rings. The van der Waals surface area contributed by atoms with Gasteiger partial charge >= 0.3 is 0 Å². The minimum atomic E-state index is 0.287. The summed E-state index contributed by atoms with van der Waals surface area (Å²) in [6, 6.07) is 0.287. The number of halogens is 1. The minimum absolute atomic E-state index is 0.287. The highest BCUT2D eigenvalue weighted by atomic mass is 35.5. The van der Waals surface area contributed by atoms with E-state index < -0.39 is 0 Å². The Morgan fingerprint density at radius 2 is 2.18 bits per heavy atom. The first-order chi connectivity index (χ1) is 7.97. The predicted molar refractivity (Wildman–Crippen MR) is 70.0 cm³/mol. The largest absolute Gasteiger partial charge is 0.327 e. The Hall–Kier alpha value is -0.580. The van der Waals surface area contributed by atoms with Gasteiger partial charge in [-0.05, 0) is 19.3 Å². The number of likely N-dealkylation sites (tertiary alicyclic amines) is 1. The third-order valence-electron chi connectivity index (χ3n) is 3.42. The van der Waals surface area contributed by atoms with Crippen molar-refractivity contribution < 1.29 is 0 Å². The van der Waals surface area contributed by atoms with Gasteiger partial charge in [0.2, 0.25) is 0 Å². The summed E-state index contributed by atoms with van der Waals surface area (Å²) in [5.74, 6) is 0.662. The van der Waals surface area contributed by atoms with Crippen molar-refractivity contribution in [1.82, 2.24) is 14.7 Å². The molecule has 96 valence electrons. The molecule has 4 nitrogen and oxygen atoms in total. The lowest BCUT2D eigenvalue weighted by molar-refractivity contribution is 0.158. The quantitative estimate of drug-likeness (QED) is 0.874. The molecule has 0 amide bonds. The maximum absolute atomic E-state index is 6.25. The maximum Gasteiger partial charge on any atom is 0.131 e. The van der Waals surface area contributed by atoms with Crippen LogP contribution in [-0.4, -0.2) is 33.8 Å². The van der Waals surface area contributed by atoms with Crippen LogP contribution in [-0.2, 0) is 13.6 Å². The summed E-state index contributed by atoms with van der Waals surface area (Å²) in [6.07, 6.45) is 1.12. The van der Waals surface area contributed by atoms with E-state index in [-0.39, 0.29) is 6.04 Å². The average molecular weight is 257 g/mol. The van der Waals surface area contributed by atoms with Gasteiger partial charge < -0.3 is 5.73 Å². The molecule has 2 atom stereocenters. The van der Waals surface area contributed by atoms with Crippen molar-refractivity contribution >= 4 is 11.6 Å². The first-order valence-electron chi connectivity index (χ1n) is 6.13. The lowest BCUT2D eigenvalue weighted by Crippen LogP contribution is -2.45.